The van der Waals surface area contributed by atoms with Crippen LogP contribution < -0.4 is 10.9 Å². The Kier molecular flexibility index (Phi) is 5.19. The third kappa shape index (κ3) is 3.99. The van der Waals surface area contributed by atoms with Gasteiger partial charge in [-0.2, -0.15) is 18.3 Å². The molecule has 1 fully saturated rings. The number of rotatable bonds is 3. The van der Waals surface area contributed by atoms with Crippen molar-refractivity contribution in [1.82, 2.24) is 20.5 Å². The molecule has 33 heavy (non-hydrogen) atoms. The van der Waals surface area contributed by atoms with Gasteiger partial charge in [0.2, 0.25) is 0 Å². The van der Waals surface area contributed by atoms with Gasteiger partial charge in [0.15, 0.2) is 0 Å². The summed E-state index contributed by atoms with van der Waals surface area (Å²) in [6.45, 7) is 0. The van der Waals surface area contributed by atoms with Gasteiger partial charge in [0.05, 0.1) is 22.2 Å². The minimum atomic E-state index is -4.50. The molecule has 1 amide bonds. The SMILES string of the molecule is O=C(N[C@H]1CC[C@H](c2n[nH]c(=O)c3ccccc32)CC1)c1cc2cccc(C(F)(F)F)c2[nH]1. The van der Waals surface area contributed by atoms with Crippen LogP contribution in [0.3, 0.4) is 0 Å². The van der Waals surface area contributed by atoms with Crippen LogP contribution in [0, 0.1) is 0 Å². The monoisotopic (exact) mass is 454 g/mol. The molecule has 0 unspecified atom stereocenters. The first-order valence-corrected chi connectivity index (χ1v) is 10.8. The van der Waals surface area contributed by atoms with E-state index in [-0.39, 0.29) is 28.7 Å². The molecule has 170 valence electrons. The summed E-state index contributed by atoms with van der Waals surface area (Å²) in [5, 5.41) is 11.6. The lowest BCUT2D eigenvalue weighted by Crippen LogP contribution is -2.37. The molecule has 1 aliphatic carbocycles. The van der Waals surface area contributed by atoms with E-state index in [2.05, 4.69) is 20.5 Å². The lowest BCUT2D eigenvalue weighted by atomic mass is 9.82. The molecule has 4 aromatic rings. The first kappa shape index (κ1) is 21.2. The maximum absolute atomic E-state index is 13.3. The first-order valence-electron chi connectivity index (χ1n) is 10.8. The van der Waals surface area contributed by atoms with Gasteiger partial charge in [-0.25, -0.2) is 5.10 Å². The molecule has 3 N–H and O–H groups in total. The summed E-state index contributed by atoms with van der Waals surface area (Å²) in [4.78, 5) is 27.4. The maximum atomic E-state index is 13.3. The number of aromatic nitrogens is 3. The van der Waals surface area contributed by atoms with Crippen LogP contribution >= 0.6 is 0 Å². The fourth-order valence-corrected chi connectivity index (χ4v) is 4.74. The van der Waals surface area contributed by atoms with Crippen LogP contribution in [-0.2, 0) is 6.18 Å². The minimum absolute atomic E-state index is 0.0868. The predicted molar refractivity (Wildman–Crippen MR) is 118 cm³/mol. The Morgan fingerprint density at radius 2 is 1.73 bits per heavy atom. The average molecular weight is 454 g/mol. The van der Waals surface area contributed by atoms with Crippen molar-refractivity contribution >= 4 is 27.6 Å². The Morgan fingerprint density at radius 1 is 1.00 bits per heavy atom. The molecule has 0 bridgehead atoms. The van der Waals surface area contributed by atoms with Crippen molar-refractivity contribution in [2.75, 3.05) is 0 Å². The highest BCUT2D eigenvalue weighted by Gasteiger charge is 2.33. The van der Waals surface area contributed by atoms with Gasteiger partial charge < -0.3 is 10.3 Å². The number of para-hydroxylation sites is 1. The number of carbonyl (C=O) groups is 1. The van der Waals surface area contributed by atoms with Gasteiger partial charge in [-0.15, -0.1) is 0 Å². The van der Waals surface area contributed by atoms with Crippen LogP contribution in [0.4, 0.5) is 13.2 Å². The Bertz CT molecular complexity index is 1400. The number of hydrogen-bond donors (Lipinski definition) is 3. The molecule has 2 aromatic carbocycles. The second-order valence-corrected chi connectivity index (χ2v) is 8.46. The number of fused-ring (bicyclic) bond motifs is 2. The van der Waals surface area contributed by atoms with Gasteiger partial charge >= 0.3 is 6.18 Å². The summed E-state index contributed by atoms with van der Waals surface area (Å²) < 4.78 is 39.8. The molecule has 0 atom stereocenters. The number of halogens is 3. The largest absolute Gasteiger partial charge is 0.418 e. The van der Waals surface area contributed by atoms with Gasteiger partial charge in [-0.05, 0) is 43.9 Å². The lowest BCUT2D eigenvalue weighted by Gasteiger charge is -2.29. The summed E-state index contributed by atoms with van der Waals surface area (Å²) in [5.74, 6) is -0.266. The van der Waals surface area contributed by atoms with E-state index in [0.29, 0.717) is 23.6 Å². The van der Waals surface area contributed by atoms with Crippen molar-refractivity contribution in [3.63, 3.8) is 0 Å². The molecule has 2 heterocycles. The molecular formula is C24H21F3N4O2. The van der Waals surface area contributed by atoms with Crippen LogP contribution in [0.5, 0.6) is 0 Å². The number of nitrogens with one attached hydrogen (secondary N) is 3. The molecule has 1 aliphatic rings. The molecule has 0 spiro atoms. The van der Waals surface area contributed by atoms with E-state index in [0.717, 1.165) is 30.0 Å². The third-order valence-corrected chi connectivity index (χ3v) is 6.38. The number of carbonyl (C=O) groups excluding carboxylic acids is 1. The number of hydrogen-bond acceptors (Lipinski definition) is 3. The summed E-state index contributed by atoms with van der Waals surface area (Å²) in [5.41, 5.74) is -0.139. The highest BCUT2D eigenvalue weighted by molar-refractivity contribution is 5.99. The Balaban J connectivity index is 1.29. The highest BCUT2D eigenvalue weighted by atomic mass is 19.4. The van der Waals surface area contributed by atoms with E-state index in [9.17, 15) is 22.8 Å². The number of benzene rings is 2. The zero-order chi connectivity index (χ0) is 23.2. The van der Waals surface area contributed by atoms with E-state index in [4.69, 9.17) is 0 Å². The topological polar surface area (TPSA) is 90.6 Å². The normalized spacial score (nSPS) is 19.1. The van der Waals surface area contributed by atoms with Gasteiger partial charge in [0.1, 0.15) is 5.69 Å². The van der Waals surface area contributed by atoms with E-state index in [1.165, 1.54) is 12.1 Å². The van der Waals surface area contributed by atoms with Crippen molar-refractivity contribution < 1.29 is 18.0 Å². The summed E-state index contributed by atoms with van der Waals surface area (Å²) >= 11 is 0. The first-order chi connectivity index (χ1) is 15.8. The number of amides is 1. The molecule has 0 aliphatic heterocycles. The zero-order valence-electron chi connectivity index (χ0n) is 17.5. The van der Waals surface area contributed by atoms with E-state index < -0.39 is 17.6 Å². The zero-order valence-corrected chi connectivity index (χ0v) is 17.5. The Morgan fingerprint density at radius 3 is 2.45 bits per heavy atom. The Labute approximate surface area is 186 Å². The van der Waals surface area contributed by atoms with Gasteiger partial charge in [0, 0.05) is 22.7 Å². The summed E-state index contributed by atoms with van der Waals surface area (Å²) in [6, 6.07) is 12.6. The Hall–Kier alpha value is -3.62. The molecular weight excluding hydrogens is 433 g/mol. The molecule has 6 nitrogen and oxygen atoms in total. The van der Waals surface area contributed by atoms with Crippen molar-refractivity contribution in [2.45, 2.75) is 43.8 Å². The quantitative estimate of drug-likeness (QED) is 0.412. The van der Waals surface area contributed by atoms with Crippen molar-refractivity contribution in [2.24, 2.45) is 0 Å². The molecule has 9 heteroatoms. The third-order valence-electron chi connectivity index (χ3n) is 6.38. The highest BCUT2D eigenvalue weighted by Crippen LogP contribution is 2.36. The molecule has 0 radical (unpaired) electrons. The molecule has 1 saturated carbocycles. The smallest absolute Gasteiger partial charge is 0.350 e. The van der Waals surface area contributed by atoms with Crippen LogP contribution in [0.2, 0.25) is 0 Å². The predicted octanol–water partition coefficient (Wildman–Crippen LogP) is 4.88. The summed E-state index contributed by atoms with van der Waals surface area (Å²) in [7, 11) is 0. The molecule has 0 saturated heterocycles. The van der Waals surface area contributed by atoms with Crippen LogP contribution in [0.15, 0.2) is 53.3 Å². The van der Waals surface area contributed by atoms with Crippen LogP contribution in [0.1, 0.15) is 53.3 Å². The average Bonchev–Trinajstić information content (AvgIpc) is 3.24. The molecule has 5 rings (SSSR count). The van der Waals surface area contributed by atoms with Crippen LogP contribution in [0.25, 0.3) is 21.7 Å². The fraction of sp³-hybridized carbons (Fsp3) is 0.292. The van der Waals surface area contributed by atoms with E-state index >= 15 is 0 Å². The number of aromatic amines is 2. The number of nitrogens with zero attached hydrogens (tertiary/aromatic N) is 1. The van der Waals surface area contributed by atoms with Gasteiger partial charge in [0.25, 0.3) is 11.5 Å². The van der Waals surface area contributed by atoms with Gasteiger partial charge in [-0.1, -0.05) is 30.3 Å². The van der Waals surface area contributed by atoms with Gasteiger partial charge in [-0.3, -0.25) is 9.59 Å². The second kappa shape index (κ2) is 8.06. The van der Waals surface area contributed by atoms with Crippen molar-refractivity contribution in [3.05, 3.63) is 75.8 Å². The second-order valence-electron chi connectivity index (χ2n) is 8.46. The van der Waals surface area contributed by atoms with Crippen LogP contribution in [-0.4, -0.2) is 27.1 Å². The van der Waals surface area contributed by atoms with E-state index in [1.807, 2.05) is 18.2 Å². The van der Waals surface area contributed by atoms with E-state index in [1.54, 1.807) is 12.1 Å². The number of alkyl halides is 3. The maximum Gasteiger partial charge on any atom is 0.418 e. The van der Waals surface area contributed by atoms with Crippen molar-refractivity contribution in [1.29, 1.82) is 0 Å². The lowest BCUT2D eigenvalue weighted by molar-refractivity contribution is -0.136. The fourth-order valence-electron chi connectivity index (χ4n) is 4.74. The molecule has 2 aromatic heterocycles. The van der Waals surface area contributed by atoms with Crippen molar-refractivity contribution in [3.8, 4) is 0 Å². The summed E-state index contributed by atoms with van der Waals surface area (Å²) in [6.07, 6.45) is -1.53. The standard InChI is InChI=1S/C24H21F3N4O2/c25-24(26,27)18-7-3-4-14-12-19(29-21(14)18)23(33)28-15-10-8-13(9-11-15)20-16-5-1-2-6-17(16)22(32)31-30-20/h1-7,12-13,15,29H,8-11H2,(H,28,33)(H,31,32)/t13-,15-. The number of H-pyrrole nitrogens is 2. The minimum Gasteiger partial charge on any atom is -0.350 e.